The average Bonchev–Trinajstić information content (AvgIpc) is 2.56. The number of hydrogen-bond acceptors (Lipinski definition) is 3. The van der Waals surface area contributed by atoms with Gasteiger partial charge in [0.15, 0.2) is 0 Å². The molecule has 0 saturated carbocycles. The van der Waals surface area contributed by atoms with Crippen LogP contribution in [0.15, 0.2) is 42.5 Å². The van der Waals surface area contributed by atoms with E-state index in [0.717, 1.165) is 35.5 Å². The topological polar surface area (TPSA) is 42.2 Å². The van der Waals surface area contributed by atoms with Crippen LogP contribution in [0.1, 0.15) is 35.4 Å². The molecule has 0 aromatic heterocycles. The second kappa shape index (κ2) is 8.24. The molecule has 0 fully saturated rings. The third-order valence-electron chi connectivity index (χ3n) is 3.88. The molecule has 2 aromatic carbocycles. The highest BCUT2D eigenvalue weighted by molar-refractivity contribution is 5.36. The van der Waals surface area contributed by atoms with Crippen LogP contribution in [0.3, 0.4) is 0 Å². The summed E-state index contributed by atoms with van der Waals surface area (Å²) in [6, 6.07) is 16.3. The highest BCUT2D eigenvalue weighted by Gasteiger charge is 2.11. The summed E-state index contributed by atoms with van der Waals surface area (Å²) in [6.07, 6.45) is 1.61. The van der Waals surface area contributed by atoms with Gasteiger partial charge in [0.2, 0.25) is 0 Å². The third-order valence-corrected chi connectivity index (χ3v) is 3.88. The molecule has 2 rings (SSSR count). The van der Waals surface area contributed by atoms with E-state index in [1.807, 2.05) is 30.3 Å². The van der Waals surface area contributed by atoms with E-state index >= 15 is 0 Å². The Balaban J connectivity index is 1.87. The van der Waals surface area contributed by atoms with Crippen LogP contribution in [0, 0.1) is 25.2 Å². The van der Waals surface area contributed by atoms with Crippen molar-refractivity contribution in [2.75, 3.05) is 13.7 Å². The highest BCUT2D eigenvalue weighted by atomic mass is 16.5. The molecule has 23 heavy (non-hydrogen) atoms. The molecule has 1 atom stereocenters. The Hall–Kier alpha value is -2.47. The number of nitrogens with zero attached hydrogens (tertiary/aromatic N) is 1. The van der Waals surface area contributed by atoms with E-state index in [4.69, 9.17) is 9.47 Å². The Morgan fingerprint density at radius 1 is 1.13 bits per heavy atom. The Morgan fingerprint density at radius 2 is 1.96 bits per heavy atom. The molecule has 0 heterocycles. The number of hydrogen-bond donors (Lipinski definition) is 0. The molecule has 0 amide bonds. The van der Waals surface area contributed by atoms with Gasteiger partial charge in [0, 0.05) is 0 Å². The minimum absolute atomic E-state index is 0.132. The molecule has 0 spiro atoms. The molecule has 0 aliphatic carbocycles. The van der Waals surface area contributed by atoms with Crippen LogP contribution in [-0.4, -0.2) is 13.7 Å². The van der Waals surface area contributed by atoms with Crippen molar-refractivity contribution in [2.24, 2.45) is 0 Å². The third kappa shape index (κ3) is 4.75. The number of rotatable bonds is 7. The van der Waals surface area contributed by atoms with Crippen molar-refractivity contribution in [2.45, 2.75) is 32.6 Å². The highest BCUT2D eigenvalue weighted by Crippen LogP contribution is 2.25. The number of benzene rings is 2. The SMILES string of the molecule is COc1cccc(C(C#N)CCCOc2ccc(C)cc2C)c1. The van der Waals surface area contributed by atoms with Crippen molar-refractivity contribution in [1.82, 2.24) is 0 Å². The lowest BCUT2D eigenvalue weighted by Crippen LogP contribution is -2.03. The van der Waals surface area contributed by atoms with Crippen molar-refractivity contribution < 1.29 is 9.47 Å². The van der Waals surface area contributed by atoms with Gasteiger partial charge in [-0.2, -0.15) is 5.26 Å². The maximum absolute atomic E-state index is 9.40. The zero-order valence-corrected chi connectivity index (χ0v) is 14.0. The monoisotopic (exact) mass is 309 g/mol. The first kappa shape index (κ1) is 16.9. The first-order valence-corrected chi connectivity index (χ1v) is 7.87. The molecule has 0 aliphatic rings. The lowest BCUT2D eigenvalue weighted by Gasteiger charge is -2.12. The maximum atomic E-state index is 9.40. The summed E-state index contributed by atoms with van der Waals surface area (Å²) in [4.78, 5) is 0. The van der Waals surface area contributed by atoms with Gasteiger partial charge in [-0.1, -0.05) is 29.8 Å². The summed E-state index contributed by atoms with van der Waals surface area (Å²) in [6.45, 7) is 4.74. The van der Waals surface area contributed by atoms with Crippen molar-refractivity contribution in [3.63, 3.8) is 0 Å². The predicted octanol–water partition coefficient (Wildman–Crippen LogP) is 4.78. The van der Waals surface area contributed by atoms with Gasteiger partial charge >= 0.3 is 0 Å². The fourth-order valence-electron chi connectivity index (χ4n) is 2.59. The van der Waals surface area contributed by atoms with Gasteiger partial charge < -0.3 is 9.47 Å². The van der Waals surface area contributed by atoms with Crippen LogP contribution in [0.4, 0.5) is 0 Å². The van der Waals surface area contributed by atoms with E-state index < -0.39 is 0 Å². The quantitative estimate of drug-likeness (QED) is 0.691. The van der Waals surface area contributed by atoms with Gasteiger partial charge in [-0.3, -0.25) is 0 Å². The Bertz CT molecular complexity index is 688. The lowest BCUT2D eigenvalue weighted by molar-refractivity contribution is 0.303. The molecular formula is C20H23NO2. The molecule has 3 heteroatoms. The molecule has 0 aliphatic heterocycles. The van der Waals surface area contributed by atoms with Gasteiger partial charge in [0.25, 0.3) is 0 Å². The van der Waals surface area contributed by atoms with Gasteiger partial charge in [-0.25, -0.2) is 0 Å². The number of nitriles is 1. The molecule has 120 valence electrons. The molecular weight excluding hydrogens is 286 g/mol. The second-order valence-electron chi connectivity index (χ2n) is 5.72. The largest absolute Gasteiger partial charge is 0.497 e. The molecule has 3 nitrogen and oxygen atoms in total. The summed E-state index contributed by atoms with van der Waals surface area (Å²) in [5.41, 5.74) is 3.38. The van der Waals surface area contributed by atoms with Crippen molar-refractivity contribution >= 4 is 0 Å². The average molecular weight is 309 g/mol. The van der Waals surface area contributed by atoms with Crippen LogP contribution >= 0.6 is 0 Å². The molecule has 0 N–H and O–H groups in total. The van der Waals surface area contributed by atoms with Crippen LogP contribution in [0.5, 0.6) is 11.5 Å². The lowest BCUT2D eigenvalue weighted by atomic mass is 9.96. The Kier molecular flexibility index (Phi) is 6.05. The summed E-state index contributed by atoms with van der Waals surface area (Å²) in [5, 5.41) is 9.40. The van der Waals surface area contributed by atoms with E-state index in [1.165, 1.54) is 5.56 Å². The zero-order chi connectivity index (χ0) is 16.7. The molecule has 0 saturated heterocycles. The van der Waals surface area contributed by atoms with Crippen LogP contribution < -0.4 is 9.47 Å². The minimum atomic E-state index is -0.132. The molecule has 2 aromatic rings. The predicted molar refractivity (Wildman–Crippen MR) is 92.0 cm³/mol. The number of ether oxygens (including phenoxy) is 2. The van der Waals surface area contributed by atoms with E-state index in [-0.39, 0.29) is 5.92 Å². The molecule has 0 bridgehead atoms. The van der Waals surface area contributed by atoms with Gasteiger partial charge in [0.05, 0.1) is 25.7 Å². The standard InChI is InChI=1S/C20H23NO2/c1-15-9-10-20(16(2)12-15)23-11-5-7-18(14-21)17-6-4-8-19(13-17)22-3/h4,6,8-10,12-13,18H,5,7,11H2,1-3H3. The van der Waals surface area contributed by atoms with Gasteiger partial charge in [-0.15, -0.1) is 0 Å². The van der Waals surface area contributed by atoms with E-state index in [9.17, 15) is 5.26 Å². The first-order valence-electron chi connectivity index (χ1n) is 7.87. The van der Waals surface area contributed by atoms with Gasteiger partial charge in [0.1, 0.15) is 11.5 Å². The maximum Gasteiger partial charge on any atom is 0.122 e. The summed E-state index contributed by atoms with van der Waals surface area (Å²) < 4.78 is 11.1. The van der Waals surface area contributed by atoms with E-state index in [0.29, 0.717) is 6.61 Å². The van der Waals surface area contributed by atoms with Crippen molar-refractivity contribution in [3.05, 3.63) is 59.2 Å². The fourth-order valence-corrected chi connectivity index (χ4v) is 2.59. The number of methoxy groups -OCH3 is 1. The van der Waals surface area contributed by atoms with Crippen molar-refractivity contribution in [1.29, 1.82) is 5.26 Å². The molecule has 0 radical (unpaired) electrons. The summed E-state index contributed by atoms with van der Waals surface area (Å²) in [5.74, 6) is 1.58. The Labute approximate surface area is 138 Å². The fraction of sp³-hybridized carbons (Fsp3) is 0.350. The van der Waals surface area contributed by atoms with E-state index in [2.05, 4.69) is 32.0 Å². The smallest absolute Gasteiger partial charge is 0.122 e. The van der Waals surface area contributed by atoms with Crippen molar-refractivity contribution in [3.8, 4) is 17.6 Å². The summed E-state index contributed by atoms with van der Waals surface area (Å²) in [7, 11) is 1.64. The minimum Gasteiger partial charge on any atom is -0.497 e. The zero-order valence-electron chi connectivity index (χ0n) is 14.0. The Morgan fingerprint density at radius 3 is 2.65 bits per heavy atom. The second-order valence-corrected chi connectivity index (χ2v) is 5.72. The van der Waals surface area contributed by atoms with Gasteiger partial charge in [-0.05, 0) is 56.0 Å². The number of aryl methyl sites for hydroxylation is 2. The summed E-state index contributed by atoms with van der Waals surface area (Å²) >= 11 is 0. The normalized spacial score (nSPS) is 11.6. The van der Waals surface area contributed by atoms with Crippen LogP contribution in [0.2, 0.25) is 0 Å². The van der Waals surface area contributed by atoms with E-state index in [1.54, 1.807) is 7.11 Å². The van der Waals surface area contributed by atoms with Crippen LogP contribution in [-0.2, 0) is 0 Å². The molecule has 1 unspecified atom stereocenters. The first-order chi connectivity index (χ1) is 11.1. The van der Waals surface area contributed by atoms with Crippen LogP contribution in [0.25, 0.3) is 0 Å².